The molecule has 0 atom stereocenters. The van der Waals surface area contributed by atoms with Crippen LogP contribution in [0.4, 0.5) is 0 Å². The molecule has 0 saturated heterocycles. The number of sulfonamides is 1. The van der Waals surface area contributed by atoms with Crippen LogP contribution < -0.4 is 4.72 Å². The van der Waals surface area contributed by atoms with Gasteiger partial charge < -0.3 is 4.98 Å². The molecule has 0 aliphatic carbocycles. The zero-order valence-electron chi connectivity index (χ0n) is 10.4. The minimum Gasteiger partial charge on any atom is -0.367 e. The van der Waals surface area contributed by atoms with Gasteiger partial charge in [-0.1, -0.05) is 17.7 Å². The molecule has 18 heavy (non-hydrogen) atoms. The Balaban J connectivity index is 2.20. The number of aryl methyl sites for hydroxylation is 2. The third-order valence-electron chi connectivity index (χ3n) is 2.75. The lowest BCUT2D eigenvalue weighted by atomic mass is 10.2. The summed E-state index contributed by atoms with van der Waals surface area (Å²) in [5, 5.41) is 0. The molecule has 0 saturated carbocycles. The van der Waals surface area contributed by atoms with E-state index in [0.717, 1.165) is 16.7 Å². The molecule has 0 fully saturated rings. The number of aromatic nitrogens is 1. The van der Waals surface area contributed by atoms with Crippen molar-refractivity contribution in [2.45, 2.75) is 25.3 Å². The fourth-order valence-corrected chi connectivity index (χ4v) is 3.07. The molecule has 0 bridgehead atoms. The summed E-state index contributed by atoms with van der Waals surface area (Å²) in [6.45, 7) is 4.04. The molecule has 4 nitrogen and oxygen atoms in total. The predicted molar refractivity (Wildman–Crippen MR) is 70.7 cm³/mol. The molecular formula is C13H16N2O2S. The van der Waals surface area contributed by atoms with E-state index in [0.29, 0.717) is 11.4 Å². The Morgan fingerprint density at radius 2 is 2.00 bits per heavy atom. The Bertz CT molecular complexity index is 631. The van der Waals surface area contributed by atoms with Crippen molar-refractivity contribution in [3.63, 3.8) is 0 Å². The minimum absolute atomic E-state index is 0.291. The summed E-state index contributed by atoms with van der Waals surface area (Å²) < 4.78 is 26.9. The van der Waals surface area contributed by atoms with E-state index >= 15 is 0 Å². The van der Waals surface area contributed by atoms with Crippen LogP contribution in [0.3, 0.4) is 0 Å². The number of nitrogens with one attached hydrogen (secondary N) is 2. The molecule has 2 rings (SSSR count). The normalized spacial score (nSPS) is 11.7. The predicted octanol–water partition coefficient (Wildman–Crippen LogP) is 2.11. The second-order valence-electron chi connectivity index (χ2n) is 4.31. The first-order valence-corrected chi connectivity index (χ1v) is 7.16. The number of rotatable bonds is 4. The van der Waals surface area contributed by atoms with Crippen LogP contribution in [0.1, 0.15) is 16.7 Å². The molecule has 96 valence electrons. The van der Waals surface area contributed by atoms with Crippen LogP contribution in [0.15, 0.2) is 41.6 Å². The van der Waals surface area contributed by atoms with Crippen molar-refractivity contribution in [1.82, 2.24) is 9.71 Å². The van der Waals surface area contributed by atoms with Crippen LogP contribution >= 0.6 is 0 Å². The Morgan fingerprint density at radius 1 is 1.22 bits per heavy atom. The summed E-state index contributed by atoms with van der Waals surface area (Å²) in [4.78, 5) is 3.23. The third kappa shape index (κ3) is 2.80. The van der Waals surface area contributed by atoms with Crippen molar-refractivity contribution in [2.24, 2.45) is 0 Å². The first-order valence-electron chi connectivity index (χ1n) is 5.67. The largest absolute Gasteiger partial charge is 0.367 e. The monoisotopic (exact) mass is 264 g/mol. The highest BCUT2D eigenvalue weighted by Gasteiger charge is 2.16. The van der Waals surface area contributed by atoms with Gasteiger partial charge in [0, 0.05) is 18.9 Å². The van der Waals surface area contributed by atoms with E-state index in [1.165, 1.54) is 0 Å². The van der Waals surface area contributed by atoms with Crippen molar-refractivity contribution in [3.8, 4) is 0 Å². The summed E-state index contributed by atoms with van der Waals surface area (Å²) in [6, 6.07) is 7.15. The average Bonchev–Trinajstić information content (AvgIpc) is 2.78. The van der Waals surface area contributed by atoms with Crippen LogP contribution in [0.2, 0.25) is 0 Å². The van der Waals surface area contributed by atoms with Gasteiger partial charge in [-0.2, -0.15) is 0 Å². The van der Waals surface area contributed by atoms with Crippen LogP contribution in [-0.2, 0) is 16.6 Å². The first kappa shape index (κ1) is 12.9. The highest BCUT2D eigenvalue weighted by Crippen LogP contribution is 2.16. The Hall–Kier alpha value is -1.59. The Kier molecular flexibility index (Phi) is 3.54. The fourth-order valence-electron chi connectivity index (χ4n) is 1.83. The van der Waals surface area contributed by atoms with Crippen LogP contribution in [0.5, 0.6) is 0 Å². The second kappa shape index (κ2) is 4.96. The van der Waals surface area contributed by atoms with E-state index in [-0.39, 0.29) is 0 Å². The lowest BCUT2D eigenvalue weighted by Crippen LogP contribution is -2.23. The third-order valence-corrected chi connectivity index (χ3v) is 4.31. The molecule has 5 heteroatoms. The molecule has 0 unspecified atom stereocenters. The highest BCUT2D eigenvalue weighted by molar-refractivity contribution is 7.89. The van der Waals surface area contributed by atoms with Crippen LogP contribution in [0, 0.1) is 13.8 Å². The molecule has 1 aromatic carbocycles. The molecule has 1 heterocycles. The molecule has 2 aromatic rings. The Labute approximate surface area is 107 Å². The number of hydrogen-bond donors (Lipinski definition) is 2. The standard InChI is InChI=1S/C13H16N2O2S/c1-10-3-4-13(11(2)7-10)18(16,17)15-9-12-5-6-14-8-12/h3-8,14-15H,9H2,1-2H3. The van der Waals surface area contributed by atoms with Crippen LogP contribution in [-0.4, -0.2) is 13.4 Å². The van der Waals surface area contributed by atoms with Gasteiger partial charge in [0.15, 0.2) is 0 Å². The van der Waals surface area contributed by atoms with Gasteiger partial charge in [-0.05, 0) is 37.1 Å². The smallest absolute Gasteiger partial charge is 0.241 e. The van der Waals surface area contributed by atoms with Gasteiger partial charge in [0.05, 0.1) is 4.90 Å². The van der Waals surface area contributed by atoms with Crippen molar-refractivity contribution < 1.29 is 8.42 Å². The molecule has 1 aromatic heterocycles. The number of aromatic amines is 1. The van der Waals surface area contributed by atoms with E-state index in [1.807, 2.05) is 19.1 Å². The molecular weight excluding hydrogens is 248 g/mol. The number of benzene rings is 1. The quantitative estimate of drug-likeness (QED) is 0.888. The van der Waals surface area contributed by atoms with E-state index in [9.17, 15) is 8.42 Å². The SMILES string of the molecule is Cc1ccc(S(=O)(=O)NCc2cc[nH]c2)c(C)c1. The Morgan fingerprint density at radius 3 is 2.61 bits per heavy atom. The maximum Gasteiger partial charge on any atom is 0.241 e. The van der Waals surface area contributed by atoms with Gasteiger partial charge in [0.2, 0.25) is 10.0 Å². The number of H-pyrrole nitrogens is 1. The molecule has 0 radical (unpaired) electrons. The molecule has 0 aliphatic rings. The zero-order valence-corrected chi connectivity index (χ0v) is 11.2. The van der Waals surface area contributed by atoms with E-state index in [1.54, 1.807) is 31.5 Å². The minimum atomic E-state index is -3.45. The summed E-state index contributed by atoms with van der Waals surface area (Å²) in [6.07, 6.45) is 3.53. The van der Waals surface area contributed by atoms with Gasteiger partial charge in [0.1, 0.15) is 0 Å². The van der Waals surface area contributed by atoms with Crippen LogP contribution in [0.25, 0.3) is 0 Å². The van der Waals surface area contributed by atoms with Gasteiger partial charge in [-0.3, -0.25) is 0 Å². The topological polar surface area (TPSA) is 62.0 Å². The first-order chi connectivity index (χ1) is 8.49. The average molecular weight is 264 g/mol. The molecule has 0 spiro atoms. The van der Waals surface area contributed by atoms with Crippen molar-refractivity contribution in [2.75, 3.05) is 0 Å². The van der Waals surface area contributed by atoms with Crippen molar-refractivity contribution in [3.05, 3.63) is 53.3 Å². The van der Waals surface area contributed by atoms with Crippen molar-refractivity contribution >= 4 is 10.0 Å². The summed E-state index contributed by atoms with van der Waals surface area (Å²) in [5.74, 6) is 0. The summed E-state index contributed by atoms with van der Waals surface area (Å²) in [5.41, 5.74) is 2.72. The molecule has 0 aliphatic heterocycles. The van der Waals surface area contributed by atoms with Gasteiger partial charge in [0.25, 0.3) is 0 Å². The lowest BCUT2D eigenvalue weighted by Gasteiger charge is -2.09. The summed E-state index contributed by atoms with van der Waals surface area (Å²) in [7, 11) is -3.45. The highest BCUT2D eigenvalue weighted by atomic mass is 32.2. The summed E-state index contributed by atoms with van der Waals surface area (Å²) >= 11 is 0. The van der Waals surface area contributed by atoms with Crippen molar-refractivity contribution in [1.29, 1.82) is 0 Å². The van der Waals surface area contributed by atoms with Gasteiger partial charge in [-0.25, -0.2) is 13.1 Å². The maximum atomic E-state index is 12.1. The molecule has 2 N–H and O–H groups in total. The number of hydrogen-bond acceptors (Lipinski definition) is 2. The molecule has 0 amide bonds. The van der Waals surface area contributed by atoms with E-state index < -0.39 is 10.0 Å². The fraction of sp³-hybridized carbons (Fsp3) is 0.231. The zero-order chi connectivity index (χ0) is 13.2. The van der Waals surface area contributed by atoms with E-state index in [4.69, 9.17) is 0 Å². The van der Waals surface area contributed by atoms with E-state index in [2.05, 4.69) is 9.71 Å². The van der Waals surface area contributed by atoms with Gasteiger partial charge >= 0.3 is 0 Å². The second-order valence-corrected chi connectivity index (χ2v) is 6.05. The van der Waals surface area contributed by atoms with Gasteiger partial charge in [-0.15, -0.1) is 0 Å². The lowest BCUT2D eigenvalue weighted by molar-refractivity contribution is 0.580. The maximum absolute atomic E-state index is 12.1.